The van der Waals surface area contributed by atoms with Crippen LogP contribution in [0.25, 0.3) is 6.08 Å². The summed E-state index contributed by atoms with van der Waals surface area (Å²) < 4.78 is 5.07. The van der Waals surface area contributed by atoms with E-state index in [1.807, 2.05) is 13.0 Å². The van der Waals surface area contributed by atoms with Gasteiger partial charge in [-0.2, -0.15) is 5.26 Å². The smallest absolute Gasteiger partial charge is 0.266 e. The Hall–Kier alpha value is -2.48. The number of ether oxygens (including phenoxy) is 1. The summed E-state index contributed by atoms with van der Waals surface area (Å²) in [6.45, 7) is 1.84. The average molecular weight is 361 g/mol. The maximum absolute atomic E-state index is 12.3. The number of nitrogens with one attached hydrogen (secondary N) is 1. The summed E-state index contributed by atoms with van der Waals surface area (Å²) in [6.07, 6.45) is 1.46. The van der Waals surface area contributed by atoms with Gasteiger partial charge in [0.25, 0.3) is 5.91 Å². The lowest BCUT2D eigenvalue weighted by Crippen LogP contribution is -2.14. The van der Waals surface area contributed by atoms with Gasteiger partial charge < -0.3 is 10.1 Å². The van der Waals surface area contributed by atoms with Crippen LogP contribution >= 0.6 is 23.2 Å². The molecule has 2 aromatic rings. The highest BCUT2D eigenvalue weighted by Crippen LogP contribution is 2.26. The molecule has 6 heteroatoms. The highest BCUT2D eigenvalue weighted by atomic mass is 35.5. The van der Waals surface area contributed by atoms with E-state index < -0.39 is 5.91 Å². The standard InChI is InChI=1S/C18H14Cl2N2O2/c1-11-3-5-14(19)9-16(11)22-18(23)13(10-21)7-12-4-6-17(24-2)15(20)8-12/h3-9H,1-2H3,(H,22,23)/b13-7+. The summed E-state index contributed by atoms with van der Waals surface area (Å²) in [5.74, 6) is 0.00105. The van der Waals surface area contributed by atoms with Crippen LogP contribution in [-0.2, 0) is 4.79 Å². The van der Waals surface area contributed by atoms with Gasteiger partial charge >= 0.3 is 0 Å². The van der Waals surface area contributed by atoms with Gasteiger partial charge in [0.2, 0.25) is 0 Å². The van der Waals surface area contributed by atoms with E-state index in [4.69, 9.17) is 27.9 Å². The Morgan fingerprint density at radius 2 is 2.00 bits per heavy atom. The summed E-state index contributed by atoms with van der Waals surface area (Å²) in [7, 11) is 1.51. The molecule has 1 amide bonds. The summed E-state index contributed by atoms with van der Waals surface area (Å²) in [6, 6.07) is 12.0. The number of carbonyl (C=O) groups excluding carboxylic acids is 1. The topological polar surface area (TPSA) is 62.1 Å². The van der Waals surface area contributed by atoms with Crippen molar-refractivity contribution in [2.45, 2.75) is 6.92 Å². The normalized spacial score (nSPS) is 10.9. The first-order valence-electron chi connectivity index (χ1n) is 6.97. The fourth-order valence-corrected chi connectivity index (χ4v) is 2.44. The summed E-state index contributed by atoms with van der Waals surface area (Å²) in [4.78, 5) is 12.3. The molecule has 0 aliphatic heterocycles. The Bertz CT molecular complexity index is 855. The minimum atomic E-state index is -0.519. The van der Waals surface area contributed by atoms with E-state index in [-0.39, 0.29) is 5.57 Å². The molecule has 2 rings (SSSR count). The third kappa shape index (κ3) is 4.29. The number of nitrogens with zero attached hydrogens (tertiary/aromatic N) is 1. The third-order valence-electron chi connectivity index (χ3n) is 3.30. The van der Waals surface area contributed by atoms with E-state index in [9.17, 15) is 10.1 Å². The number of carbonyl (C=O) groups is 1. The van der Waals surface area contributed by atoms with Crippen LogP contribution in [0.2, 0.25) is 10.0 Å². The number of anilines is 1. The first-order valence-corrected chi connectivity index (χ1v) is 7.73. The van der Waals surface area contributed by atoms with Gasteiger partial charge in [-0.25, -0.2) is 0 Å². The zero-order valence-electron chi connectivity index (χ0n) is 13.1. The second kappa shape index (κ2) is 7.87. The molecule has 122 valence electrons. The zero-order chi connectivity index (χ0) is 17.7. The zero-order valence-corrected chi connectivity index (χ0v) is 14.6. The molecule has 0 fully saturated rings. The predicted octanol–water partition coefficient (Wildman–Crippen LogP) is 4.86. The number of nitriles is 1. The second-order valence-electron chi connectivity index (χ2n) is 4.98. The fourth-order valence-electron chi connectivity index (χ4n) is 2.01. The van der Waals surface area contributed by atoms with Crippen molar-refractivity contribution in [3.8, 4) is 11.8 Å². The molecule has 2 aromatic carbocycles. The van der Waals surface area contributed by atoms with E-state index in [0.717, 1.165) is 5.56 Å². The number of methoxy groups -OCH3 is 1. The van der Waals surface area contributed by atoms with Gasteiger partial charge in [-0.1, -0.05) is 35.3 Å². The second-order valence-corrected chi connectivity index (χ2v) is 5.82. The Labute approximate surface area is 150 Å². The van der Waals surface area contributed by atoms with E-state index in [2.05, 4.69) is 5.32 Å². The number of rotatable bonds is 4. The van der Waals surface area contributed by atoms with E-state index in [1.165, 1.54) is 13.2 Å². The molecule has 0 aliphatic carbocycles. The van der Waals surface area contributed by atoms with Crippen LogP contribution in [0.5, 0.6) is 5.75 Å². The summed E-state index contributed by atoms with van der Waals surface area (Å²) in [5, 5.41) is 12.9. The van der Waals surface area contributed by atoms with Crippen LogP contribution in [0, 0.1) is 18.3 Å². The van der Waals surface area contributed by atoms with Gasteiger partial charge in [-0.3, -0.25) is 4.79 Å². The number of halogens is 2. The molecule has 1 N–H and O–H groups in total. The summed E-state index contributed by atoms with van der Waals surface area (Å²) in [5.41, 5.74) is 1.98. The number of amides is 1. The lowest BCUT2D eigenvalue weighted by atomic mass is 10.1. The first-order chi connectivity index (χ1) is 11.4. The molecule has 0 aromatic heterocycles. The number of aryl methyl sites for hydroxylation is 1. The Morgan fingerprint density at radius 1 is 1.25 bits per heavy atom. The molecule has 4 nitrogen and oxygen atoms in total. The summed E-state index contributed by atoms with van der Waals surface area (Å²) >= 11 is 12.0. The molecule has 0 saturated carbocycles. The van der Waals surface area contributed by atoms with E-state index in [0.29, 0.717) is 27.0 Å². The molecule has 24 heavy (non-hydrogen) atoms. The van der Waals surface area contributed by atoms with Crippen molar-refractivity contribution in [3.63, 3.8) is 0 Å². The third-order valence-corrected chi connectivity index (χ3v) is 3.83. The molecule has 0 atom stereocenters. The maximum Gasteiger partial charge on any atom is 0.266 e. The quantitative estimate of drug-likeness (QED) is 0.625. The average Bonchev–Trinajstić information content (AvgIpc) is 2.56. The molecule has 0 saturated heterocycles. The lowest BCUT2D eigenvalue weighted by Gasteiger charge is -2.08. The number of benzene rings is 2. The number of hydrogen-bond acceptors (Lipinski definition) is 3. The molecule has 0 radical (unpaired) electrons. The Balaban J connectivity index is 2.27. The fraction of sp³-hybridized carbons (Fsp3) is 0.111. The molecule has 0 unspecified atom stereocenters. The Morgan fingerprint density at radius 3 is 2.62 bits per heavy atom. The van der Waals surface area contributed by atoms with Crippen molar-refractivity contribution in [3.05, 3.63) is 63.1 Å². The molecular formula is C18H14Cl2N2O2. The van der Waals surface area contributed by atoms with Crippen molar-refractivity contribution in [1.29, 1.82) is 5.26 Å². The maximum atomic E-state index is 12.3. The van der Waals surface area contributed by atoms with Crippen LogP contribution in [0.3, 0.4) is 0 Å². The lowest BCUT2D eigenvalue weighted by molar-refractivity contribution is -0.112. The van der Waals surface area contributed by atoms with Crippen LogP contribution in [0.15, 0.2) is 42.0 Å². The highest BCUT2D eigenvalue weighted by Gasteiger charge is 2.12. The van der Waals surface area contributed by atoms with Gasteiger partial charge in [-0.05, 0) is 48.4 Å². The van der Waals surface area contributed by atoms with Crippen molar-refractivity contribution in [1.82, 2.24) is 0 Å². The van der Waals surface area contributed by atoms with Gasteiger partial charge in [0.15, 0.2) is 0 Å². The van der Waals surface area contributed by atoms with Crippen LogP contribution in [0.1, 0.15) is 11.1 Å². The van der Waals surface area contributed by atoms with Gasteiger partial charge in [-0.15, -0.1) is 0 Å². The molecular weight excluding hydrogens is 347 g/mol. The molecule has 0 heterocycles. The van der Waals surface area contributed by atoms with Crippen LogP contribution < -0.4 is 10.1 Å². The number of hydrogen-bond donors (Lipinski definition) is 1. The highest BCUT2D eigenvalue weighted by molar-refractivity contribution is 6.32. The van der Waals surface area contributed by atoms with Crippen molar-refractivity contribution >= 4 is 40.9 Å². The van der Waals surface area contributed by atoms with Crippen LogP contribution in [-0.4, -0.2) is 13.0 Å². The largest absolute Gasteiger partial charge is 0.495 e. The van der Waals surface area contributed by atoms with Gasteiger partial charge in [0, 0.05) is 10.7 Å². The van der Waals surface area contributed by atoms with Gasteiger partial charge in [0.1, 0.15) is 17.4 Å². The van der Waals surface area contributed by atoms with Crippen molar-refractivity contribution < 1.29 is 9.53 Å². The molecule has 0 bridgehead atoms. The van der Waals surface area contributed by atoms with E-state index in [1.54, 1.807) is 36.4 Å². The SMILES string of the molecule is COc1ccc(/C=C(\C#N)C(=O)Nc2cc(Cl)ccc2C)cc1Cl. The Kier molecular flexibility index (Phi) is 5.86. The molecule has 0 aliphatic rings. The van der Waals surface area contributed by atoms with Gasteiger partial charge in [0.05, 0.1) is 12.1 Å². The van der Waals surface area contributed by atoms with Crippen molar-refractivity contribution in [2.75, 3.05) is 12.4 Å². The first kappa shape index (κ1) is 17.9. The van der Waals surface area contributed by atoms with E-state index >= 15 is 0 Å². The minimum absolute atomic E-state index is 0.0457. The monoisotopic (exact) mass is 360 g/mol. The minimum Gasteiger partial charge on any atom is -0.495 e. The molecule has 0 spiro atoms. The van der Waals surface area contributed by atoms with Crippen molar-refractivity contribution in [2.24, 2.45) is 0 Å². The van der Waals surface area contributed by atoms with Crippen LogP contribution in [0.4, 0.5) is 5.69 Å². The predicted molar refractivity (Wildman–Crippen MR) is 96.4 cm³/mol.